The Hall–Kier alpha value is -2.93. The molecule has 0 saturated carbocycles. The summed E-state index contributed by atoms with van der Waals surface area (Å²) < 4.78 is 19.6. The van der Waals surface area contributed by atoms with E-state index in [0.717, 1.165) is 5.56 Å². The number of ether oxygens (including phenoxy) is 1. The van der Waals surface area contributed by atoms with Gasteiger partial charge < -0.3 is 20.1 Å². The minimum atomic E-state index is -0.551. The molecule has 6 nitrogen and oxygen atoms in total. The molecule has 1 amide bonds. The van der Waals surface area contributed by atoms with E-state index in [1.165, 1.54) is 13.0 Å². The van der Waals surface area contributed by atoms with E-state index >= 15 is 0 Å². The summed E-state index contributed by atoms with van der Waals surface area (Å²) in [6.45, 7) is 2.12. The third-order valence-electron chi connectivity index (χ3n) is 4.15. The molecule has 1 atom stereocenters. The summed E-state index contributed by atoms with van der Waals surface area (Å²) in [6, 6.07) is 11.9. The number of likely N-dealkylation sites (N-methyl/N-ethyl adjacent to an activating group) is 1. The number of aliphatic hydroxyl groups is 1. The van der Waals surface area contributed by atoms with Crippen LogP contribution < -0.4 is 10.2 Å². The highest BCUT2D eigenvalue weighted by Crippen LogP contribution is 2.27. The molecule has 2 N–H and O–H groups in total. The molecule has 0 saturated heterocycles. The van der Waals surface area contributed by atoms with Crippen LogP contribution in [0, 0.1) is 5.82 Å². The molecule has 0 radical (unpaired) electrons. The van der Waals surface area contributed by atoms with Crippen molar-refractivity contribution in [3.05, 3.63) is 53.8 Å². The zero-order valence-electron chi connectivity index (χ0n) is 15.3. The third-order valence-corrected chi connectivity index (χ3v) is 4.15. The van der Waals surface area contributed by atoms with Gasteiger partial charge in [-0.3, -0.25) is 9.59 Å². The molecule has 2 aromatic rings. The number of nitrogens with one attached hydrogen (secondary N) is 1. The number of anilines is 1. The molecule has 27 heavy (non-hydrogen) atoms. The van der Waals surface area contributed by atoms with E-state index in [2.05, 4.69) is 5.32 Å². The van der Waals surface area contributed by atoms with E-state index in [0.29, 0.717) is 29.8 Å². The number of carbonyl (C=O) groups excluding carboxylic acids is 2. The predicted molar refractivity (Wildman–Crippen MR) is 101 cm³/mol. The van der Waals surface area contributed by atoms with Gasteiger partial charge in [0.25, 0.3) is 6.47 Å². The first kappa shape index (κ1) is 20.4. The van der Waals surface area contributed by atoms with Crippen molar-refractivity contribution in [2.24, 2.45) is 0 Å². The molecule has 7 heteroatoms. The lowest BCUT2D eigenvalue weighted by atomic mass is 10.0. The highest BCUT2D eigenvalue weighted by atomic mass is 19.1. The molecule has 0 bridgehead atoms. The SMILES string of the molecule is CC(=O)NCC(CN(C)c1ccc(-c2ccc(CO)cc2)c(F)c1)OC=O. The van der Waals surface area contributed by atoms with E-state index in [9.17, 15) is 14.0 Å². The first-order chi connectivity index (χ1) is 12.9. The monoisotopic (exact) mass is 374 g/mol. The Balaban J connectivity index is 2.12. The molecule has 0 aliphatic rings. The molecule has 0 aliphatic carbocycles. The van der Waals surface area contributed by atoms with Crippen LogP contribution in [-0.4, -0.2) is 43.7 Å². The van der Waals surface area contributed by atoms with Crippen LogP contribution in [0.25, 0.3) is 11.1 Å². The van der Waals surface area contributed by atoms with Gasteiger partial charge in [0, 0.05) is 25.2 Å². The molecule has 2 rings (SSSR count). The second-order valence-electron chi connectivity index (χ2n) is 6.19. The normalized spacial score (nSPS) is 11.6. The number of rotatable bonds is 9. The quantitative estimate of drug-likeness (QED) is 0.657. The molecule has 0 aliphatic heterocycles. The average Bonchev–Trinajstić information content (AvgIpc) is 2.66. The number of halogens is 1. The summed E-state index contributed by atoms with van der Waals surface area (Å²) in [5.41, 5.74) is 2.55. The van der Waals surface area contributed by atoms with Crippen LogP contribution in [0.2, 0.25) is 0 Å². The van der Waals surface area contributed by atoms with E-state index < -0.39 is 6.10 Å². The van der Waals surface area contributed by atoms with Gasteiger partial charge in [-0.25, -0.2) is 4.39 Å². The molecule has 2 aromatic carbocycles. The van der Waals surface area contributed by atoms with Gasteiger partial charge in [0.1, 0.15) is 11.9 Å². The second-order valence-corrected chi connectivity index (χ2v) is 6.19. The van der Waals surface area contributed by atoms with Crippen molar-refractivity contribution in [3.8, 4) is 11.1 Å². The highest BCUT2D eigenvalue weighted by Gasteiger charge is 2.15. The number of carbonyl (C=O) groups is 2. The van der Waals surface area contributed by atoms with Gasteiger partial charge in [0.05, 0.1) is 19.7 Å². The fourth-order valence-corrected chi connectivity index (χ4v) is 2.67. The highest BCUT2D eigenvalue weighted by molar-refractivity contribution is 5.72. The van der Waals surface area contributed by atoms with Crippen molar-refractivity contribution in [3.63, 3.8) is 0 Å². The zero-order valence-corrected chi connectivity index (χ0v) is 15.3. The van der Waals surface area contributed by atoms with Crippen molar-refractivity contribution in [2.45, 2.75) is 19.6 Å². The Labute approximate surface area is 157 Å². The first-order valence-electron chi connectivity index (χ1n) is 8.49. The van der Waals surface area contributed by atoms with E-state index in [-0.39, 0.29) is 24.9 Å². The number of aliphatic hydroxyl groups excluding tert-OH is 1. The molecule has 0 spiro atoms. The summed E-state index contributed by atoms with van der Waals surface area (Å²) in [5, 5.41) is 11.7. The fraction of sp³-hybridized carbons (Fsp3) is 0.300. The van der Waals surface area contributed by atoms with Crippen LogP contribution >= 0.6 is 0 Å². The van der Waals surface area contributed by atoms with Crippen molar-refractivity contribution in [1.82, 2.24) is 5.32 Å². The van der Waals surface area contributed by atoms with Crippen LogP contribution in [0.4, 0.5) is 10.1 Å². The Morgan fingerprint density at radius 1 is 1.30 bits per heavy atom. The molecule has 0 fully saturated rings. The lowest BCUT2D eigenvalue weighted by Gasteiger charge is -2.25. The van der Waals surface area contributed by atoms with Gasteiger partial charge >= 0.3 is 0 Å². The number of benzene rings is 2. The van der Waals surface area contributed by atoms with Gasteiger partial charge in [-0.2, -0.15) is 0 Å². The van der Waals surface area contributed by atoms with Crippen molar-refractivity contribution in [2.75, 3.05) is 25.0 Å². The van der Waals surface area contributed by atoms with Crippen LogP contribution in [0.5, 0.6) is 0 Å². The standard InChI is InChI=1S/C20H23FN2O4/c1-14(26)22-10-18(27-13-25)11-23(2)17-7-8-19(20(21)9-17)16-5-3-15(12-24)4-6-16/h3-9,13,18,24H,10-12H2,1-2H3,(H,22,26). The minimum absolute atomic E-state index is 0.0605. The summed E-state index contributed by atoms with van der Waals surface area (Å²) in [6.07, 6.45) is -0.551. The Morgan fingerprint density at radius 2 is 2.00 bits per heavy atom. The Kier molecular flexibility index (Phi) is 7.31. The first-order valence-corrected chi connectivity index (χ1v) is 8.49. The third kappa shape index (κ3) is 5.79. The zero-order chi connectivity index (χ0) is 19.8. The molecule has 144 valence electrons. The van der Waals surface area contributed by atoms with Crippen LogP contribution in [0.3, 0.4) is 0 Å². The van der Waals surface area contributed by atoms with Crippen molar-refractivity contribution < 1.29 is 23.8 Å². The maximum absolute atomic E-state index is 14.6. The number of hydrogen-bond acceptors (Lipinski definition) is 5. The molecule has 1 unspecified atom stereocenters. The predicted octanol–water partition coefficient (Wildman–Crippen LogP) is 2.10. The summed E-state index contributed by atoms with van der Waals surface area (Å²) >= 11 is 0. The topological polar surface area (TPSA) is 78.9 Å². The smallest absolute Gasteiger partial charge is 0.293 e. The summed E-state index contributed by atoms with van der Waals surface area (Å²) in [5.74, 6) is -0.606. The van der Waals surface area contributed by atoms with Gasteiger partial charge in [-0.1, -0.05) is 24.3 Å². The van der Waals surface area contributed by atoms with E-state index in [1.807, 2.05) is 0 Å². The lowest BCUT2D eigenvalue weighted by molar-refractivity contribution is -0.134. The van der Waals surface area contributed by atoms with E-state index in [4.69, 9.17) is 9.84 Å². The van der Waals surface area contributed by atoms with Gasteiger partial charge in [0.2, 0.25) is 5.91 Å². The van der Waals surface area contributed by atoms with Gasteiger partial charge in [0.15, 0.2) is 0 Å². The largest absolute Gasteiger partial charge is 0.461 e. The van der Waals surface area contributed by atoms with E-state index in [1.54, 1.807) is 48.3 Å². The molecule has 0 aromatic heterocycles. The Morgan fingerprint density at radius 3 is 2.56 bits per heavy atom. The van der Waals surface area contributed by atoms with Gasteiger partial charge in [-0.05, 0) is 29.3 Å². The Bertz CT molecular complexity index is 780. The lowest BCUT2D eigenvalue weighted by Crippen LogP contribution is -2.39. The summed E-state index contributed by atoms with van der Waals surface area (Å²) in [7, 11) is 1.75. The number of nitrogens with zero attached hydrogens (tertiary/aromatic N) is 1. The van der Waals surface area contributed by atoms with Crippen LogP contribution in [0.15, 0.2) is 42.5 Å². The number of amides is 1. The summed E-state index contributed by atoms with van der Waals surface area (Å²) in [4.78, 5) is 23.4. The maximum atomic E-state index is 14.6. The molecule has 0 heterocycles. The fourth-order valence-electron chi connectivity index (χ4n) is 2.67. The minimum Gasteiger partial charge on any atom is -0.461 e. The average molecular weight is 374 g/mol. The van der Waals surface area contributed by atoms with Crippen molar-refractivity contribution in [1.29, 1.82) is 0 Å². The maximum Gasteiger partial charge on any atom is 0.293 e. The van der Waals surface area contributed by atoms with Crippen LogP contribution in [0.1, 0.15) is 12.5 Å². The molecular weight excluding hydrogens is 351 g/mol. The van der Waals surface area contributed by atoms with Crippen molar-refractivity contribution >= 4 is 18.1 Å². The van der Waals surface area contributed by atoms with Gasteiger partial charge in [-0.15, -0.1) is 0 Å². The number of hydrogen-bond donors (Lipinski definition) is 2. The molecular formula is C20H23FN2O4. The van der Waals surface area contributed by atoms with Crippen LogP contribution in [-0.2, 0) is 20.9 Å². The second kappa shape index (κ2) is 9.68.